The maximum Gasteiger partial charge on any atom is 0.119 e. The molecule has 0 amide bonds. The zero-order valence-corrected chi connectivity index (χ0v) is 7.53. The normalized spacial score (nSPS) is 12.1. The summed E-state index contributed by atoms with van der Waals surface area (Å²) in [5.41, 5.74) is 7.42. The Morgan fingerprint density at radius 2 is 2.23 bits per heavy atom. The van der Waals surface area contributed by atoms with E-state index in [0.29, 0.717) is 6.61 Å². The van der Waals surface area contributed by atoms with Gasteiger partial charge in [-0.2, -0.15) is 5.26 Å². The molecule has 3 nitrogen and oxygen atoms in total. The van der Waals surface area contributed by atoms with Crippen LogP contribution in [-0.2, 0) is 11.3 Å². The van der Waals surface area contributed by atoms with Crippen LogP contribution in [0.3, 0.4) is 0 Å². The Labute approximate surface area is 77.7 Å². The predicted octanol–water partition coefficient (Wildman–Crippen LogP) is 1.36. The van der Waals surface area contributed by atoms with Crippen LogP contribution in [0.1, 0.15) is 17.2 Å². The summed E-state index contributed by atoms with van der Waals surface area (Å²) in [5, 5.41) is 8.67. The van der Waals surface area contributed by atoms with Gasteiger partial charge in [0.15, 0.2) is 0 Å². The van der Waals surface area contributed by atoms with Gasteiger partial charge >= 0.3 is 0 Å². The summed E-state index contributed by atoms with van der Waals surface area (Å²) in [5.74, 6) is 0. The molecule has 3 heteroatoms. The largest absolute Gasteiger partial charge is 0.380 e. The third-order valence-corrected chi connectivity index (χ3v) is 1.83. The molecular weight excluding hydrogens is 164 g/mol. The minimum absolute atomic E-state index is 0.492. The predicted molar refractivity (Wildman–Crippen MR) is 49.7 cm³/mol. The van der Waals surface area contributed by atoms with Crippen molar-refractivity contribution in [2.75, 3.05) is 7.11 Å². The summed E-state index contributed by atoms with van der Waals surface area (Å²) in [6.45, 7) is 0.492. The zero-order valence-electron chi connectivity index (χ0n) is 7.53. The maximum absolute atomic E-state index is 8.67. The second-order valence-corrected chi connectivity index (χ2v) is 2.74. The van der Waals surface area contributed by atoms with Gasteiger partial charge in [0.2, 0.25) is 0 Å². The van der Waals surface area contributed by atoms with Gasteiger partial charge in [0.1, 0.15) is 6.04 Å². The minimum Gasteiger partial charge on any atom is -0.380 e. The van der Waals surface area contributed by atoms with Gasteiger partial charge in [-0.3, -0.25) is 0 Å². The van der Waals surface area contributed by atoms with Gasteiger partial charge in [-0.05, 0) is 11.1 Å². The lowest BCUT2D eigenvalue weighted by molar-refractivity contribution is 0.184. The number of hydrogen-bond donors (Lipinski definition) is 1. The topological polar surface area (TPSA) is 59.0 Å². The Morgan fingerprint density at radius 1 is 1.54 bits per heavy atom. The van der Waals surface area contributed by atoms with Crippen molar-refractivity contribution in [3.63, 3.8) is 0 Å². The molecule has 13 heavy (non-hydrogen) atoms. The van der Waals surface area contributed by atoms with Crippen LogP contribution in [0, 0.1) is 11.3 Å². The summed E-state index contributed by atoms with van der Waals surface area (Å²) in [4.78, 5) is 0. The van der Waals surface area contributed by atoms with Crippen LogP contribution >= 0.6 is 0 Å². The number of methoxy groups -OCH3 is 1. The van der Waals surface area contributed by atoms with Gasteiger partial charge < -0.3 is 10.5 Å². The molecule has 0 fully saturated rings. The lowest BCUT2D eigenvalue weighted by atomic mass is 10.0. The van der Waals surface area contributed by atoms with Crippen LogP contribution in [0.25, 0.3) is 0 Å². The van der Waals surface area contributed by atoms with Gasteiger partial charge in [0.05, 0.1) is 12.7 Å². The first-order valence-electron chi connectivity index (χ1n) is 4.01. The van der Waals surface area contributed by atoms with E-state index < -0.39 is 6.04 Å². The standard InChI is InChI=1S/C10H12N2O/c1-13-7-8-4-2-3-5-9(8)10(12)6-11/h2-5,10H,7,12H2,1H3. The molecule has 1 rings (SSSR count). The first-order valence-corrected chi connectivity index (χ1v) is 4.01. The lowest BCUT2D eigenvalue weighted by Gasteiger charge is -2.09. The number of nitrogens with zero attached hydrogens (tertiary/aromatic N) is 1. The van der Waals surface area contributed by atoms with E-state index in [9.17, 15) is 0 Å². The van der Waals surface area contributed by atoms with Gasteiger partial charge in [-0.15, -0.1) is 0 Å². The molecule has 0 aromatic heterocycles. The van der Waals surface area contributed by atoms with Crippen molar-refractivity contribution >= 4 is 0 Å². The van der Waals surface area contributed by atoms with E-state index in [1.807, 2.05) is 30.3 Å². The molecule has 1 atom stereocenters. The molecule has 0 aliphatic carbocycles. The van der Waals surface area contributed by atoms with Crippen molar-refractivity contribution in [3.05, 3.63) is 35.4 Å². The van der Waals surface area contributed by atoms with Gasteiger partial charge in [0.25, 0.3) is 0 Å². The lowest BCUT2D eigenvalue weighted by Crippen LogP contribution is -2.10. The second-order valence-electron chi connectivity index (χ2n) is 2.74. The van der Waals surface area contributed by atoms with E-state index in [-0.39, 0.29) is 0 Å². The highest BCUT2D eigenvalue weighted by atomic mass is 16.5. The number of ether oxygens (including phenoxy) is 1. The SMILES string of the molecule is COCc1ccccc1C(N)C#N. The smallest absolute Gasteiger partial charge is 0.119 e. The first-order chi connectivity index (χ1) is 6.29. The van der Waals surface area contributed by atoms with Crippen molar-refractivity contribution < 1.29 is 4.74 Å². The van der Waals surface area contributed by atoms with Crippen molar-refractivity contribution in [2.45, 2.75) is 12.6 Å². The summed E-state index contributed by atoms with van der Waals surface area (Å²) < 4.78 is 5.00. The van der Waals surface area contributed by atoms with Crippen LogP contribution in [0.4, 0.5) is 0 Å². The molecule has 1 aromatic rings. The van der Waals surface area contributed by atoms with Gasteiger partial charge in [-0.1, -0.05) is 24.3 Å². The average molecular weight is 176 g/mol. The Hall–Kier alpha value is -1.37. The molecule has 0 heterocycles. The quantitative estimate of drug-likeness (QED) is 0.756. The van der Waals surface area contributed by atoms with Crippen LogP contribution in [-0.4, -0.2) is 7.11 Å². The van der Waals surface area contributed by atoms with Crippen LogP contribution < -0.4 is 5.73 Å². The van der Waals surface area contributed by atoms with Crippen molar-refractivity contribution in [1.82, 2.24) is 0 Å². The number of rotatable bonds is 3. The molecule has 0 bridgehead atoms. The molecule has 0 aliphatic rings. The molecule has 0 saturated carbocycles. The molecule has 1 aromatic carbocycles. The monoisotopic (exact) mass is 176 g/mol. The molecule has 1 unspecified atom stereocenters. The van der Waals surface area contributed by atoms with Crippen LogP contribution in [0.2, 0.25) is 0 Å². The van der Waals surface area contributed by atoms with Crippen molar-refractivity contribution in [1.29, 1.82) is 5.26 Å². The summed E-state index contributed by atoms with van der Waals surface area (Å²) in [7, 11) is 1.62. The summed E-state index contributed by atoms with van der Waals surface area (Å²) in [6.07, 6.45) is 0. The number of benzene rings is 1. The molecule has 68 valence electrons. The highest BCUT2D eigenvalue weighted by Gasteiger charge is 2.08. The number of hydrogen-bond acceptors (Lipinski definition) is 3. The molecular formula is C10H12N2O. The minimum atomic E-state index is -0.564. The highest BCUT2D eigenvalue weighted by molar-refractivity contribution is 5.32. The Kier molecular flexibility index (Phi) is 3.44. The Bertz CT molecular complexity index is 317. The van der Waals surface area contributed by atoms with Gasteiger partial charge in [0, 0.05) is 7.11 Å². The summed E-state index contributed by atoms with van der Waals surface area (Å²) in [6, 6.07) is 8.97. The molecule has 0 aliphatic heterocycles. The second kappa shape index (κ2) is 4.61. The Balaban J connectivity index is 2.98. The van der Waals surface area contributed by atoms with Crippen molar-refractivity contribution in [3.8, 4) is 6.07 Å². The third-order valence-electron chi connectivity index (χ3n) is 1.83. The van der Waals surface area contributed by atoms with E-state index in [4.69, 9.17) is 15.7 Å². The van der Waals surface area contributed by atoms with E-state index in [2.05, 4.69) is 0 Å². The highest BCUT2D eigenvalue weighted by Crippen LogP contribution is 2.15. The fourth-order valence-electron chi connectivity index (χ4n) is 1.19. The molecule has 0 spiro atoms. The first kappa shape index (κ1) is 9.72. The number of nitriles is 1. The Morgan fingerprint density at radius 3 is 2.85 bits per heavy atom. The fourth-order valence-corrected chi connectivity index (χ4v) is 1.19. The average Bonchev–Trinajstić information content (AvgIpc) is 2.18. The summed E-state index contributed by atoms with van der Waals surface area (Å²) >= 11 is 0. The van der Waals surface area contributed by atoms with E-state index in [1.54, 1.807) is 7.11 Å². The van der Waals surface area contributed by atoms with Crippen LogP contribution in [0.5, 0.6) is 0 Å². The van der Waals surface area contributed by atoms with E-state index in [0.717, 1.165) is 11.1 Å². The van der Waals surface area contributed by atoms with Gasteiger partial charge in [-0.25, -0.2) is 0 Å². The van der Waals surface area contributed by atoms with Crippen molar-refractivity contribution in [2.24, 2.45) is 5.73 Å². The molecule has 0 radical (unpaired) electrons. The van der Waals surface area contributed by atoms with E-state index in [1.165, 1.54) is 0 Å². The molecule has 0 saturated heterocycles. The zero-order chi connectivity index (χ0) is 9.68. The number of nitrogens with two attached hydrogens (primary N) is 1. The van der Waals surface area contributed by atoms with E-state index >= 15 is 0 Å². The maximum atomic E-state index is 8.67. The van der Waals surface area contributed by atoms with Crippen LogP contribution in [0.15, 0.2) is 24.3 Å². The third kappa shape index (κ3) is 2.28. The fraction of sp³-hybridized carbons (Fsp3) is 0.300. The molecule has 2 N–H and O–H groups in total.